The first-order valence-electron chi connectivity index (χ1n) is 8.62. The van der Waals surface area contributed by atoms with Gasteiger partial charge in [-0.15, -0.1) is 0 Å². The summed E-state index contributed by atoms with van der Waals surface area (Å²) < 4.78 is 5.50. The number of benzene rings is 1. The van der Waals surface area contributed by atoms with Crippen molar-refractivity contribution in [2.75, 3.05) is 5.32 Å². The summed E-state index contributed by atoms with van der Waals surface area (Å²) in [5, 5.41) is 3.05. The van der Waals surface area contributed by atoms with E-state index in [0.717, 1.165) is 35.3 Å². The summed E-state index contributed by atoms with van der Waals surface area (Å²) in [7, 11) is 0. The molecule has 2 fully saturated rings. The average molecular weight is 325 g/mol. The molecule has 2 aliphatic rings. The van der Waals surface area contributed by atoms with Crippen LogP contribution in [0.1, 0.15) is 30.5 Å². The SMILES string of the molecule is Cc1coc(-c2cc(NC(=O)C3C4CCC(C4)C3N)ccc2C)n1. The van der Waals surface area contributed by atoms with Gasteiger partial charge in [0, 0.05) is 17.3 Å². The number of aromatic nitrogens is 1. The smallest absolute Gasteiger partial charge is 0.229 e. The van der Waals surface area contributed by atoms with E-state index < -0.39 is 0 Å². The van der Waals surface area contributed by atoms with Crippen molar-refractivity contribution in [1.82, 2.24) is 4.98 Å². The van der Waals surface area contributed by atoms with Gasteiger partial charge in [0.25, 0.3) is 0 Å². The Morgan fingerprint density at radius 2 is 2.08 bits per heavy atom. The first-order valence-corrected chi connectivity index (χ1v) is 8.62. The van der Waals surface area contributed by atoms with Crippen LogP contribution in [0.15, 0.2) is 28.9 Å². The minimum Gasteiger partial charge on any atom is -0.444 e. The van der Waals surface area contributed by atoms with E-state index in [0.29, 0.717) is 17.7 Å². The Labute approximate surface area is 141 Å². The molecule has 0 saturated heterocycles. The fraction of sp³-hybridized carbons (Fsp3) is 0.474. The fourth-order valence-electron chi connectivity index (χ4n) is 4.36. The zero-order valence-electron chi connectivity index (χ0n) is 14.1. The summed E-state index contributed by atoms with van der Waals surface area (Å²) in [6, 6.07) is 5.83. The number of fused-ring (bicyclic) bond motifs is 2. The topological polar surface area (TPSA) is 81.2 Å². The van der Waals surface area contributed by atoms with Crippen molar-refractivity contribution < 1.29 is 9.21 Å². The number of carbonyl (C=O) groups excluding carboxylic acids is 1. The number of aryl methyl sites for hydroxylation is 2. The van der Waals surface area contributed by atoms with Crippen LogP contribution < -0.4 is 11.1 Å². The van der Waals surface area contributed by atoms with Crippen LogP contribution in [0.4, 0.5) is 5.69 Å². The van der Waals surface area contributed by atoms with Crippen LogP contribution in [0.25, 0.3) is 11.5 Å². The Hall–Kier alpha value is -2.14. The van der Waals surface area contributed by atoms with Crippen molar-refractivity contribution in [3.8, 4) is 11.5 Å². The largest absolute Gasteiger partial charge is 0.444 e. The lowest BCUT2D eigenvalue weighted by atomic mass is 9.84. The lowest BCUT2D eigenvalue weighted by Crippen LogP contribution is -2.42. The van der Waals surface area contributed by atoms with E-state index in [2.05, 4.69) is 10.3 Å². The number of rotatable bonds is 3. The molecule has 2 aromatic rings. The number of hydrogen-bond donors (Lipinski definition) is 2. The van der Waals surface area contributed by atoms with Crippen LogP contribution >= 0.6 is 0 Å². The highest BCUT2D eigenvalue weighted by Gasteiger charge is 2.49. The van der Waals surface area contributed by atoms with Gasteiger partial charge in [0.15, 0.2) is 0 Å². The molecular formula is C19H23N3O2. The van der Waals surface area contributed by atoms with Crippen molar-refractivity contribution in [2.24, 2.45) is 23.5 Å². The van der Waals surface area contributed by atoms with Gasteiger partial charge >= 0.3 is 0 Å². The Bertz CT molecular complexity index is 781. The van der Waals surface area contributed by atoms with Gasteiger partial charge in [-0.2, -0.15) is 0 Å². The van der Waals surface area contributed by atoms with Crippen molar-refractivity contribution >= 4 is 11.6 Å². The van der Waals surface area contributed by atoms with Crippen LogP contribution in [0.3, 0.4) is 0 Å². The van der Waals surface area contributed by atoms with Crippen LogP contribution in [-0.4, -0.2) is 16.9 Å². The number of anilines is 1. The highest BCUT2D eigenvalue weighted by Crippen LogP contribution is 2.48. The molecule has 2 bridgehead atoms. The van der Waals surface area contributed by atoms with E-state index in [-0.39, 0.29) is 17.9 Å². The second kappa shape index (κ2) is 5.74. The lowest BCUT2D eigenvalue weighted by molar-refractivity contribution is -0.121. The molecule has 4 unspecified atom stereocenters. The molecule has 1 heterocycles. The second-order valence-electron chi connectivity index (χ2n) is 7.25. The van der Waals surface area contributed by atoms with Crippen molar-refractivity contribution in [3.63, 3.8) is 0 Å². The van der Waals surface area contributed by atoms with E-state index in [1.807, 2.05) is 32.0 Å². The molecule has 24 heavy (non-hydrogen) atoms. The third-order valence-corrected chi connectivity index (χ3v) is 5.64. The van der Waals surface area contributed by atoms with Gasteiger partial charge in [0.05, 0.1) is 11.6 Å². The second-order valence-corrected chi connectivity index (χ2v) is 7.25. The summed E-state index contributed by atoms with van der Waals surface area (Å²) in [6.45, 7) is 3.90. The maximum absolute atomic E-state index is 12.7. The molecular weight excluding hydrogens is 302 g/mol. The predicted octanol–water partition coefficient (Wildman–Crippen LogP) is 3.27. The molecule has 2 saturated carbocycles. The molecule has 5 nitrogen and oxygen atoms in total. The summed E-state index contributed by atoms with van der Waals surface area (Å²) in [5.41, 5.74) is 9.85. The van der Waals surface area contributed by atoms with Gasteiger partial charge in [-0.05, 0) is 62.6 Å². The molecule has 2 aliphatic carbocycles. The van der Waals surface area contributed by atoms with E-state index >= 15 is 0 Å². The molecule has 5 heteroatoms. The van der Waals surface area contributed by atoms with E-state index in [4.69, 9.17) is 10.2 Å². The molecule has 1 aromatic heterocycles. The van der Waals surface area contributed by atoms with Gasteiger partial charge < -0.3 is 15.5 Å². The Morgan fingerprint density at radius 3 is 2.75 bits per heavy atom. The van der Waals surface area contributed by atoms with Gasteiger partial charge in [-0.1, -0.05) is 6.07 Å². The van der Waals surface area contributed by atoms with Gasteiger partial charge in [0.2, 0.25) is 11.8 Å². The summed E-state index contributed by atoms with van der Waals surface area (Å²) in [5.74, 6) is 1.54. The third-order valence-electron chi connectivity index (χ3n) is 5.64. The number of nitrogens with one attached hydrogen (secondary N) is 1. The van der Waals surface area contributed by atoms with Crippen LogP contribution in [0.2, 0.25) is 0 Å². The number of oxazole rings is 1. The molecule has 1 amide bonds. The highest BCUT2D eigenvalue weighted by atomic mass is 16.3. The highest BCUT2D eigenvalue weighted by molar-refractivity contribution is 5.94. The fourth-order valence-corrected chi connectivity index (χ4v) is 4.36. The molecule has 4 atom stereocenters. The maximum Gasteiger partial charge on any atom is 0.229 e. The lowest BCUT2D eigenvalue weighted by Gasteiger charge is -2.27. The molecule has 0 spiro atoms. The predicted molar refractivity (Wildman–Crippen MR) is 92.3 cm³/mol. The van der Waals surface area contributed by atoms with Crippen LogP contribution in [-0.2, 0) is 4.79 Å². The normalized spacial score (nSPS) is 28.3. The Kier molecular flexibility index (Phi) is 3.68. The summed E-state index contributed by atoms with van der Waals surface area (Å²) in [4.78, 5) is 17.1. The molecule has 1 aromatic carbocycles. The van der Waals surface area contributed by atoms with Gasteiger partial charge in [0.1, 0.15) is 6.26 Å². The van der Waals surface area contributed by atoms with E-state index in [1.54, 1.807) is 6.26 Å². The zero-order chi connectivity index (χ0) is 16.8. The number of carbonyl (C=O) groups is 1. The van der Waals surface area contributed by atoms with E-state index in [1.165, 1.54) is 6.42 Å². The standard InChI is InChI=1S/C19H23N3O2/c1-10-3-6-14(8-15(10)19-21-11(2)9-24-19)22-18(23)16-12-4-5-13(7-12)17(16)20/h3,6,8-9,12-13,16-17H,4-5,7,20H2,1-2H3,(H,22,23). The van der Waals surface area contributed by atoms with Crippen molar-refractivity contribution in [3.05, 3.63) is 35.7 Å². The third kappa shape index (κ3) is 2.53. The number of nitrogens with two attached hydrogens (primary N) is 1. The monoisotopic (exact) mass is 325 g/mol. The first kappa shape index (κ1) is 15.4. The number of amides is 1. The molecule has 0 radical (unpaired) electrons. The van der Waals surface area contributed by atoms with Crippen molar-refractivity contribution in [2.45, 2.75) is 39.2 Å². The average Bonchev–Trinajstić information content (AvgIpc) is 3.25. The minimum atomic E-state index is -0.0579. The van der Waals surface area contributed by atoms with Crippen LogP contribution in [0.5, 0.6) is 0 Å². The van der Waals surface area contributed by atoms with Crippen molar-refractivity contribution in [1.29, 1.82) is 0 Å². The number of hydrogen-bond acceptors (Lipinski definition) is 4. The quantitative estimate of drug-likeness (QED) is 0.907. The Morgan fingerprint density at radius 1 is 1.29 bits per heavy atom. The Balaban J connectivity index is 1.56. The summed E-state index contributed by atoms with van der Waals surface area (Å²) >= 11 is 0. The summed E-state index contributed by atoms with van der Waals surface area (Å²) in [6.07, 6.45) is 5.04. The number of nitrogens with zero attached hydrogens (tertiary/aromatic N) is 1. The van der Waals surface area contributed by atoms with E-state index in [9.17, 15) is 4.79 Å². The molecule has 0 aliphatic heterocycles. The van der Waals surface area contributed by atoms with Gasteiger partial charge in [-0.3, -0.25) is 4.79 Å². The molecule has 3 N–H and O–H groups in total. The van der Waals surface area contributed by atoms with Gasteiger partial charge in [-0.25, -0.2) is 4.98 Å². The zero-order valence-corrected chi connectivity index (χ0v) is 14.1. The minimum absolute atomic E-state index is 0.00283. The maximum atomic E-state index is 12.7. The first-order chi connectivity index (χ1) is 11.5. The molecule has 126 valence electrons. The van der Waals surface area contributed by atoms with Crippen LogP contribution in [0, 0.1) is 31.6 Å². The molecule has 4 rings (SSSR count).